The summed E-state index contributed by atoms with van der Waals surface area (Å²) in [6, 6.07) is 13.7. The van der Waals surface area contributed by atoms with Crippen LogP contribution >= 0.6 is 11.3 Å². The highest BCUT2D eigenvalue weighted by molar-refractivity contribution is 7.09. The van der Waals surface area contributed by atoms with Crippen molar-refractivity contribution in [2.45, 2.75) is 18.9 Å². The molecule has 0 spiro atoms. The van der Waals surface area contributed by atoms with E-state index in [1.807, 2.05) is 41.8 Å². The Bertz CT molecular complexity index is 476. The van der Waals surface area contributed by atoms with E-state index < -0.39 is 6.10 Å². The van der Waals surface area contributed by atoms with Crippen molar-refractivity contribution in [1.29, 1.82) is 0 Å². The smallest absolute Gasteiger partial charge is 0.166 e. The molecule has 1 unspecified atom stereocenters. The molecule has 3 heteroatoms. The van der Waals surface area contributed by atoms with Crippen molar-refractivity contribution >= 4 is 17.1 Å². The third kappa shape index (κ3) is 3.28. The van der Waals surface area contributed by atoms with Gasteiger partial charge in [-0.1, -0.05) is 36.4 Å². The highest BCUT2D eigenvalue weighted by atomic mass is 32.1. The van der Waals surface area contributed by atoms with Crippen molar-refractivity contribution in [3.05, 3.63) is 58.3 Å². The summed E-state index contributed by atoms with van der Waals surface area (Å²) in [5, 5.41) is 2.03. The molecule has 0 aliphatic heterocycles. The first-order valence-electron chi connectivity index (χ1n) is 5.94. The summed E-state index contributed by atoms with van der Waals surface area (Å²) in [5.41, 5.74) is 0.927. The van der Waals surface area contributed by atoms with E-state index in [-0.39, 0.29) is 5.78 Å². The van der Waals surface area contributed by atoms with Crippen molar-refractivity contribution in [3.8, 4) is 0 Å². The molecule has 18 heavy (non-hydrogen) atoms. The van der Waals surface area contributed by atoms with Crippen LogP contribution in [0.3, 0.4) is 0 Å². The van der Waals surface area contributed by atoms with Gasteiger partial charge in [0.05, 0.1) is 0 Å². The van der Waals surface area contributed by atoms with Crippen LogP contribution in [0.25, 0.3) is 0 Å². The van der Waals surface area contributed by atoms with Crippen LogP contribution in [0.1, 0.15) is 23.0 Å². The van der Waals surface area contributed by atoms with Gasteiger partial charge in [-0.2, -0.15) is 0 Å². The number of carbonyl (C=O) groups excluding carboxylic acids is 1. The second-order valence-corrected chi connectivity index (χ2v) is 5.10. The van der Waals surface area contributed by atoms with E-state index in [2.05, 4.69) is 6.07 Å². The van der Waals surface area contributed by atoms with Crippen molar-refractivity contribution in [2.75, 3.05) is 7.11 Å². The minimum absolute atomic E-state index is 0.136. The summed E-state index contributed by atoms with van der Waals surface area (Å²) in [5.74, 6) is 0.136. The predicted molar refractivity (Wildman–Crippen MR) is 73.8 cm³/mol. The molecule has 2 rings (SSSR count). The maximum atomic E-state index is 12.1. The zero-order valence-corrected chi connectivity index (χ0v) is 11.2. The zero-order chi connectivity index (χ0) is 12.8. The number of aryl methyl sites for hydroxylation is 1. The maximum Gasteiger partial charge on any atom is 0.166 e. The molecule has 0 saturated heterocycles. The van der Waals surface area contributed by atoms with Crippen molar-refractivity contribution < 1.29 is 9.53 Å². The Morgan fingerprint density at radius 1 is 1.22 bits per heavy atom. The number of carbonyl (C=O) groups is 1. The SMILES string of the molecule is COC(C(=O)CCc1cccs1)c1ccccc1. The van der Waals surface area contributed by atoms with Gasteiger partial charge in [0.2, 0.25) is 0 Å². The summed E-state index contributed by atoms with van der Waals surface area (Å²) < 4.78 is 5.32. The molecule has 1 atom stereocenters. The third-order valence-electron chi connectivity index (χ3n) is 2.83. The quantitative estimate of drug-likeness (QED) is 0.792. The number of benzene rings is 1. The Morgan fingerprint density at radius 3 is 2.61 bits per heavy atom. The maximum absolute atomic E-state index is 12.1. The van der Waals surface area contributed by atoms with Crippen molar-refractivity contribution in [2.24, 2.45) is 0 Å². The summed E-state index contributed by atoms with van der Waals surface area (Å²) in [4.78, 5) is 13.4. The molecule has 2 aromatic rings. The Hall–Kier alpha value is -1.45. The summed E-state index contributed by atoms with van der Waals surface area (Å²) in [6.45, 7) is 0. The molecule has 0 amide bonds. The lowest BCUT2D eigenvalue weighted by Gasteiger charge is -2.14. The van der Waals surface area contributed by atoms with E-state index >= 15 is 0 Å². The van der Waals surface area contributed by atoms with Crippen molar-refractivity contribution in [1.82, 2.24) is 0 Å². The highest BCUT2D eigenvalue weighted by Gasteiger charge is 2.19. The Balaban J connectivity index is 1.98. The predicted octanol–water partition coefficient (Wildman–Crippen LogP) is 3.64. The number of hydrogen-bond acceptors (Lipinski definition) is 3. The molecule has 0 N–H and O–H groups in total. The van der Waals surface area contributed by atoms with Crippen LogP contribution in [0.5, 0.6) is 0 Å². The number of methoxy groups -OCH3 is 1. The lowest BCUT2D eigenvalue weighted by Crippen LogP contribution is -2.15. The molecule has 0 fully saturated rings. The molecular weight excluding hydrogens is 244 g/mol. The Labute approximate surface area is 111 Å². The third-order valence-corrected chi connectivity index (χ3v) is 3.76. The van der Waals surface area contributed by atoms with Crippen LogP contribution in [0.4, 0.5) is 0 Å². The second-order valence-electron chi connectivity index (χ2n) is 4.07. The summed E-state index contributed by atoms with van der Waals surface area (Å²) in [7, 11) is 1.58. The minimum atomic E-state index is -0.439. The molecule has 0 saturated carbocycles. The largest absolute Gasteiger partial charge is 0.369 e. The molecule has 0 aliphatic carbocycles. The Kier molecular flexibility index (Phi) is 4.67. The van der Waals surface area contributed by atoms with Gasteiger partial charge in [0.15, 0.2) is 5.78 Å². The molecular formula is C15H16O2S. The van der Waals surface area contributed by atoms with E-state index in [0.29, 0.717) is 6.42 Å². The first kappa shape index (κ1) is 13.0. The topological polar surface area (TPSA) is 26.3 Å². The van der Waals surface area contributed by atoms with E-state index in [4.69, 9.17) is 4.74 Å². The van der Waals surface area contributed by atoms with Gasteiger partial charge in [-0.25, -0.2) is 0 Å². The van der Waals surface area contributed by atoms with Crippen LogP contribution in [-0.2, 0) is 16.0 Å². The Morgan fingerprint density at radius 2 is 2.00 bits per heavy atom. The fourth-order valence-electron chi connectivity index (χ4n) is 1.91. The fraction of sp³-hybridized carbons (Fsp3) is 0.267. The molecule has 94 valence electrons. The number of ether oxygens (including phenoxy) is 1. The lowest BCUT2D eigenvalue weighted by molar-refractivity contribution is -0.129. The van der Waals surface area contributed by atoms with Gasteiger partial charge in [0, 0.05) is 18.4 Å². The average Bonchev–Trinajstić information content (AvgIpc) is 2.92. The van der Waals surface area contributed by atoms with Gasteiger partial charge >= 0.3 is 0 Å². The number of ketones is 1. The van der Waals surface area contributed by atoms with E-state index in [9.17, 15) is 4.79 Å². The molecule has 1 heterocycles. The second kappa shape index (κ2) is 6.47. The van der Waals surface area contributed by atoms with Gasteiger partial charge < -0.3 is 4.74 Å². The lowest BCUT2D eigenvalue weighted by atomic mass is 10.0. The molecule has 1 aromatic heterocycles. The van der Waals surface area contributed by atoms with Crippen LogP contribution < -0.4 is 0 Å². The molecule has 0 bridgehead atoms. The van der Waals surface area contributed by atoms with Gasteiger partial charge in [-0.15, -0.1) is 11.3 Å². The van der Waals surface area contributed by atoms with Gasteiger partial charge in [-0.3, -0.25) is 4.79 Å². The number of Topliss-reactive ketones (excluding diaryl/α,β-unsaturated/α-hetero) is 1. The highest BCUT2D eigenvalue weighted by Crippen LogP contribution is 2.20. The van der Waals surface area contributed by atoms with E-state index in [1.54, 1.807) is 18.4 Å². The standard InChI is InChI=1S/C15H16O2S/c1-17-15(12-6-3-2-4-7-12)14(16)10-9-13-8-5-11-18-13/h2-8,11,15H,9-10H2,1H3. The molecule has 0 aliphatic rings. The van der Waals surface area contributed by atoms with Crippen LogP contribution in [-0.4, -0.2) is 12.9 Å². The number of hydrogen-bond donors (Lipinski definition) is 0. The molecule has 0 radical (unpaired) electrons. The fourth-order valence-corrected chi connectivity index (χ4v) is 2.62. The van der Waals surface area contributed by atoms with E-state index in [0.717, 1.165) is 12.0 Å². The average molecular weight is 260 g/mol. The van der Waals surface area contributed by atoms with Gasteiger partial charge in [0.1, 0.15) is 6.10 Å². The molecule has 1 aromatic carbocycles. The normalized spacial score (nSPS) is 12.3. The van der Waals surface area contributed by atoms with Crippen molar-refractivity contribution in [3.63, 3.8) is 0 Å². The summed E-state index contributed by atoms with van der Waals surface area (Å²) in [6.07, 6.45) is 0.878. The van der Waals surface area contributed by atoms with Crippen LogP contribution in [0.2, 0.25) is 0 Å². The number of rotatable bonds is 6. The van der Waals surface area contributed by atoms with Crippen LogP contribution in [0, 0.1) is 0 Å². The molecule has 2 nitrogen and oxygen atoms in total. The van der Waals surface area contributed by atoms with Gasteiger partial charge in [-0.05, 0) is 23.4 Å². The minimum Gasteiger partial charge on any atom is -0.369 e. The summed E-state index contributed by atoms with van der Waals surface area (Å²) >= 11 is 1.69. The monoisotopic (exact) mass is 260 g/mol. The first-order valence-corrected chi connectivity index (χ1v) is 6.82. The van der Waals surface area contributed by atoms with Crippen LogP contribution in [0.15, 0.2) is 47.8 Å². The zero-order valence-electron chi connectivity index (χ0n) is 10.3. The van der Waals surface area contributed by atoms with Gasteiger partial charge in [0.25, 0.3) is 0 Å². The van der Waals surface area contributed by atoms with E-state index in [1.165, 1.54) is 4.88 Å². The number of thiophene rings is 1. The first-order chi connectivity index (χ1) is 8.81.